The molecule has 0 spiro atoms. The lowest BCUT2D eigenvalue weighted by molar-refractivity contribution is -0.137. The predicted molar refractivity (Wildman–Crippen MR) is 84.5 cm³/mol. The minimum Gasteiger partial charge on any atom is -0.384 e. The lowest BCUT2D eigenvalue weighted by atomic mass is 10.1. The van der Waals surface area contributed by atoms with E-state index in [1.165, 1.54) is 6.07 Å². The van der Waals surface area contributed by atoms with Crippen molar-refractivity contribution in [2.45, 2.75) is 12.6 Å². The molecule has 26 heavy (non-hydrogen) atoms. The minimum absolute atomic E-state index is 0.102. The average molecular weight is 397 g/mol. The zero-order chi connectivity index (χ0) is 19.5. The first kappa shape index (κ1) is 19.9. The van der Waals surface area contributed by atoms with Crippen molar-refractivity contribution in [3.05, 3.63) is 58.4 Å². The number of hydrogen-bond donors (Lipinski definition) is 2. The predicted octanol–water partition coefficient (Wildman–Crippen LogP) is 5.22. The number of hydrogen-bond acceptors (Lipinski definition) is 2. The first-order chi connectivity index (χ1) is 12.1. The van der Waals surface area contributed by atoms with Crippen LogP contribution in [0.3, 0.4) is 0 Å². The van der Waals surface area contributed by atoms with Crippen molar-refractivity contribution >= 4 is 28.9 Å². The molecule has 0 unspecified atom stereocenters. The monoisotopic (exact) mass is 396 g/mol. The van der Waals surface area contributed by atoms with Crippen molar-refractivity contribution in [2.75, 3.05) is 17.2 Å². The van der Waals surface area contributed by atoms with Gasteiger partial charge in [0.25, 0.3) is 0 Å². The fraction of sp³-hybridized carbons (Fsp3) is 0.188. The SMILES string of the molecule is O=C(CCNc1ccc(Cl)cc1C(F)(F)F)Nc1ccc(F)c(F)c1F. The van der Waals surface area contributed by atoms with Gasteiger partial charge >= 0.3 is 6.18 Å². The first-order valence-electron chi connectivity index (χ1n) is 7.13. The van der Waals surface area contributed by atoms with Gasteiger partial charge < -0.3 is 10.6 Å². The van der Waals surface area contributed by atoms with E-state index in [0.29, 0.717) is 6.07 Å². The van der Waals surface area contributed by atoms with Crippen LogP contribution in [0.1, 0.15) is 12.0 Å². The Bertz CT molecular complexity index is 825. The van der Waals surface area contributed by atoms with E-state index in [0.717, 1.165) is 18.2 Å². The molecule has 0 heterocycles. The molecule has 0 aliphatic heterocycles. The summed E-state index contributed by atoms with van der Waals surface area (Å²) >= 11 is 5.55. The molecule has 0 aliphatic carbocycles. The van der Waals surface area contributed by atoms with Gasteiger partial charge in [0.2, 0.25) is 5.91 Å². The van der Waals surface area contributed by atoms with E-state index in [9.17, 15) is 31.1 Å². The van der Waals surface area contributed by atoms with Gasteiger partial charge in [0.15, 0.2) is 17.5 Å². The maximum atomic E-state index is 13.4. The van der Waals surface area contributed by atoms with Crippen LogP contribution in [0.25, 0.3) is 0 Å². The summed E-state index contributed by atoms with van der Waals surface area (Å²) in [7, 11) is 0. The number of anilines is 2. The van der Waals surface area contributed by atoms with Crippen molar-refractivity contribution in [3.8, 4) is 0 Å². The molecule has 0 saturated carbocycles. The Labute approximate surface area is 149 Å². The first-order valence-corrected chi connectivity index (χ1v) is 7.51. The standard InChI is InChI=1S/C16H11ClF6N2O/c17-8-1-3-11(9(7-8)16(21,22)23)24-6-5-13(26)25-12-4-2-10(18)14(19)15(12)20/h1-4,7,24H,5-6H2,(H,25,26). The molecule has 0 aromatic heterocycles. The number of halogens is 7. The molecule has 0 atom stereocenters. The third kappa shape index (κ3) is 4.81. The molecule has 0 aliphatic rings. The van der Waals surface area contributed by atoms with Crippen molar-refractivity contribution in [1.82, 2.24) is 0 Å². The Morgan fingerprint density at radius 2 is 1.65 bits per heavy atom. The molecular weight excluding hydrogens is 386 g/mol. The van der Waals surface area contributed by atoms with Gasteiger partial charge in [0.1, 0.15) is 0 Å². The largest absolute Gasteiger partial charge is 0.418 e. The zero-order valence-corrected chi connectivity index (χ0v) is 13.6. The van der Waals surface area contributed by atoms with Gasteiger partial charge in [-0.3, -0.25) is 4.79 Å². The van der Waals surface area contributed by atoms with Crippen LogP contribution in [-0.2, 0) is 11.0 Å². The van der Waals surface area contributed by atoms with Crippen LogP contribution < -0.4 is 10.6 Å². The molecule has 2 rings (SSSR count). The summed E-state index contributed by atoms with van der Waals surface area (Å²) < 4.78 is 78.1. The molecule has 3 nitrogen and oxygen atoms in total. The van der Waals surface area contributed by atoms with Gasteiger partial charge in [-0.25, -0.2) is 13.2 Å². The molecule has 2 N–H and O–H groups in total. The van der Waals surface area contributed by atoms with Gasteiger partial charge in [0.05, 0.1) is 11.3 Å². The van der Waals surface area contributed by atoms with E-state index < -0.39 is 40.8 Å². The van der Waals surface area contributed by atoms with Crippen molar-refractivity contribution in [3.63, 3.8) is 0 Å². The number of rotatable bonds is 5. The summed E-state index contributed by atoms with van der Waals surface area (Å²) in [6, 6.07) is 4.56. The Morgan fingerprint density at radius 1 is 1.00 bits per heavy atom. The molecule has 0 bridgehead atoms. The minimum atomic E-state index is -4.65. The van der Waals surface area contributed by atoms with Crippen LogP contribution in [-0.4, -0.2) is 12.5 Å². The van der Waals surface area contributed by atoms with E-state index in [1.54, 1.807) is 0 Å². The van der Waals surface area contributed by atoms with Crippen LogP contribution in [0.5, 0.6) is 0 Å². The van der Waals surface area contributed by atoms with Crippen LogP contribution in [0.15, 0.2) is 30.3 Å². The number of alkyl halides is 3. The summed E-state index contributed by atoms with van der Waals surface area (Å²) in [5.74, 6) is -5.52. The summed E-state index contributed by atoms with van der Waals surface area (Å²) in [5.41, 5.74) is -1.86. The summed E-state index contributed by atoms with van der Waals surface area (Å²) in [4.78, 5) is 11.7. The summed E-state index contributed by atoms with van der Waals surface area (Å²) in [6.07, 6.45) is -5.00. The number of nitrogens with one attached hydrogen (secondary N) is 2. The lowest BCUT2D eigenvalue weighted by Gasteiger charge is -2.15. The molecule has 140 valence electrons. The van der Waals surface area contributed by atoms with Crippen molar-refractivity contribution in [1.29, 1.82) is 0 Å². The molecule has 1 amide bonds. The normalized spacial score (nSPS) is 11.3. The number of carbonyl (C=O) groups is 1. The highest BCUT2D eigenvalue weighted by Crippen LogP contribution is 2.36. The van der Waals surface area contributed by atoms with Crippen LogP contribution in [0, 0.1) is 17.5 Å². The third-order valence-corrected chi connectivity index (χ3v) is 3.50. The maximum absolute atomic E-state index is 13.4. The van der Waals surface area contributed by atoms with Gasteiger partial charge in [-0.1, -0.05) is 11.6 Å². The molecular formula is C16H11ClF6N2O. The second kappa shape index (κ2) is 7.86. The summed E-state index contributed by atoms with van der Waals surface area (Å²) in [5, 5.41) is 4.34. The number of amides is 1. The molecule has 0 radical (unpaired) electrons. The smallest absolute Gasteiger partial charge is 0.384 e. The molecule has 10 heteroatoms. The highest BCUT2D eigenvalue weighted by Gasteiger charge is 2.33. The Morgan fingerprint density at radius 3 is 2.31 bits per heavy atom. The highest BCUT2D eigenvalue weighted by atomic mass is 35.5. The molecule has 2 aromatic carbocycles. The van der Waals surface area contributed by atoms with Crippen LogP contribution >= 0.6 is 11.6 Å². The van der Waals surface area contributed by atoms with E-state index in [4.69, 9.17) is 11.6 Å². The Kier molecular flexibility index (Phi) is 6.01. The molecule has 0 saturated heterocycles. The second-order valence-electron chi connectivity index (χ2n) is 5.14. The average Bonchev–Trinajstić information content (AvgIpc) is 2.56. The Balaban J connectivity index is 1.99. The van der Waals surface area contributed by atoms with E-state index in [2.05, 4.69) is 5.32 Å². The second-order valence-corrected chi connectivity index (χ2v) is 5.57. The summed E-state index contributed by atoms with van der Waals surface area (Å²) in [6.45, 7) is -0.220. The lowest BCUT2D eigenvalue weighted by Crippen LogP contribution is -2.18. The quantitative estimate of drug-likeness (QED) is 0.537. The van der Waals surface area contributed by atoms with Crippen molar-refractivity contribution < 1.29 is 31.1 Å². The maximum Gasteiger partial charge on any atom is 0.418 e. The van der Waals surface area contributed by atoms with Gasteiger partial charge in [-0.15, -0.1) is 0 Å². The van der Waals surface area contributed by atoms with E-state index >= 15 is 0 Å². The van der Waals surface area contributed by atoms with Crippen LogP contribution in [0.2, 0.25) is 5.02 Å². The van der Waals surface area contributed by atoms with Crippen molar-refractivity contribution in [2.24, 2.45) is 0 Å². The third-order valence-electron chi connectivity index (χ3n) is 3.26. The van der Waals surface area contributed by atoms with Gasteiger partial charge in [0, 0.05) is 23.7 Å². The van der Waals surface area contributed by atoms with E-state index in [-0.39, 0.29) is 23.7 Å². The Hall–Kier alpha value is -2.42. The van der Waals surface area contributed by atoms with Gasteiger partial charge in [-0.05, 0) is 30.3 Å². The van der Waals surface area contributed by atoms with E-state index in [1.807, 2.05) is 5.32 Å². The topological polar surface area (TPSA) is 41.1 Å². The zero-order valence-electron chi connectivity index (χ0n) is 12.9. The fourth-order valence-corrected chi connectivity index (χ4v) is 2.22. The number of benzene rings is 2. The number of carbonyl (C=O) groups excluding carboxylic acids is 1. The fourth-order valence-electron chi connectivity index (χ4n) is 2.05. The highest BCUT2D eigenvalue weighted by molar-refractivity contribution is 6.30. The molecule has 0 fully saturated rings. The van der Waals surface area contributed by atoms with Crippen LogP contribution in [0.4, 0.5) is 37.7 Å². The molecule has 2 aromatic rings. The van der Waals surface area contributed by atoms with Gasteiger partial charge in [-0.2, -0.15) is 13.2 Å².